The molecule has 0 fully saturated rings. The van der Waals surface area contributed by atoms with Crippen molar-refractivity contribution in [2.45, 2.75) is 16.6 Å². The molecule has 4 rings (SSSR count). The van der Waals surface area contributed by atoms with Crippen LogP contribution < -0.4 is 0 Å². The van der Waals surface area contributed by atoms with E-state index in [2.05, 4.69) is 12.1 Å². The summed E-state index contributed by atoms with van der Waals surface area (Å²) in [4.78, 5) is 5.99. The summed E-state index contributed by atoms with van der Waals surface area (Å²) in [7, 11) is 0. The predicted molar refractivity (Wildman–Crippen MR) is 105 cm³/mol. The third kappa shape index (κ3) is 3.30. The Morgan fingerprint density at radius 2 is 1.64 bits per heavy atom. The van der Waals surface area contributed by atoms with E-state index in [9.17, 15) is 5.11 Å². The molecule has 0 aromatic heterocycles. The molecule has 0 bridgehead atoms. The SMILES string of the molecule is Oc1ccccc1C1=Nc2ccccc2SC(c2ccccc2Cl)C1. The predicted octanol–water partition coefficient (Wildman–Crippen LogP) is 6.40. The van der Waals surface area contributed by atoms with E-state index in [4.69, 9.17) is 16.6 Å². The number of hydrogen-bond acceptors (Lipinski definition) is 3. The smallest absolute Gasteiger partial charge is 0.124 e. The molecule has 1 atom stereocenters. The number of nitrogens with zero attached hydrogens (tertiary/aromatic N) is 1. The van der Waals surface area contributed by atoms with Gasteiger partial charge in [0.2, 0.25) is 0 Å². The van der Waals surface area contributed by atoms with Crippen molar-refractivity contribution in [1.82, 2.24) is 0 Å². The van der Waals surface area contributed by atoms with E-state index in [1.54, 1.807) is 17.8 Å². The van der Waals surface area contributed by atoms with Crippen LogP contribution in [-0.2, 0) is 0 Å². The van der Waals surface area contributed by atoms with Crippen LogP contribution in [0.3, 0.4) is 0 Å². The fourth-order valence-corrected chi connectivity index (χ4v) is 4.61. The van der Waals surface area contributed by atoms with E-state index in [1.807, 2.05) is 54.6 Å². The second-order valence-electron chi connectivity index (χ2n) is 5.88. The highest BCUT2D eigenvalue weighted by Gasteiger charge is 2.24. The van der Waals surface area contributed by atoms with Crippen LogP contribution in [0.1, 0.15) is 22.8 Å². The average molecular weight is 366 g/mol. The molecular formula is C21H16ClNOS. The number of benzene rings is 3. The van der Waals surface area contributed by atoms with Crippen LogP contribution in [0.4, 0.5) is 5.69 Å². The zero-order valence-electron chi connectivity index (χ0n) is 13.4. The van der Waals surface area contributed by atoms with Gasteiger partial charge in [-0.2, -0.15) is 0 Å². The molecule has 1 aliphatic rings. The Bertz CT molecular complexity index is 954. The van der Waals surface area contributed by atoms with Crippen molar-refractivity contribution in [1.29, 1.82) is 0 Å². The molecule has 2 nitrogen and oxygen atoms in total. The van der Waals surface area contributed by atoms with E-state index in [1.165, 1.54) is 0 Å². The van der Waals surface area contributed by atoms with Gasteiger partial charge in [-0.05, 0) is 35.9 Å². The number of rotatable bonds is 2. The molecule has 0 spiro atoms. The first-order chi connectivity index (χ1) is 12.2. The average Bonchev–Trinajstić information content (AvgIpc) is 2.82. The minimum atomic E-state index is 0.135. The number of phenolic OH excluding ortho intramolecular Hbond substituents is 1. The first kappa shape index (κ1) is 16.2. The molecule has 4 heteroatoms. The van der Waals surface area contributed by atoms with Crippen LogP contribution >= 0.6 is 23.4 Å². The molecule has 1 N–H and O–H groups in total. The zero-order valence-corrected chi connectivity index (χ0v) is 15.0. The van der Waals surface area contributed by atoms with E-state index in [0.29, 0.717) is 6.42 Å². The zero-order chi connectivity index (χ0) is 17.2. The Morgan fingerprint density at radius 3 is 2.48 bits per heavy atom. The van der Waals surface area contributed by atoms with Gasteiger partial charge in [0.15, 0.2) is 0 Å². The first-order valence-corrected chi connectivity index (χ1v) is 9.34. The third-order valence-corrected chi connectivity index (χ3v) is 5.88. The van der Waals surface area contributed by atoms with Crippen LogP contribution in [0.2, 0.25) is 5.02 Å². The quantitative estimate of drug-likeness (QED) is 0.569. The maximum absolute atomic E-state index is 10.3. The van der Waals surface area contributed by atoms with Crippen molar-refractivity contribution in [2.75, 3.05) is 0 Å². The highest BCUT2D eigenvalue weighted by atomic mass is 35.5. The number of phenols is 1. The Morgan fingerprint density at radius 1 is 0.920 bits per heavy atom. The van der Waals surface area contributed by atoms with Gasteiger partial charge in [0, 0.05) is 27.2 Å². The molecule has 3 aromatic rings. The van der Waals surface area contributed by atoms with Gasteiger partial charge in [0.25, 0.3) is 0 Å². The highest BCUT2D eigenvalue weighted by molar-refractivity contribution is 7.99. The lowest BCUT2D eigenvalue weighted by Crippen LogP contribution is -2.06. The van der Waals surface area contributed by atoms with E-state index >= 15 is 0 Å². The summed E-state index contributed by atoms with van der Waals surface area (Å²) in [5, 5.41) is 11.2. The van der Waals surface area contributed by atoms with E-state index < -0.39 is 0 Å². The van der Waals surface area contributed by atoms with Gasteiger partial charge in [-0.15, -0.1) is 11.8 Å². The Labute approximate surface area is 156 Å². The minimum Gasteiger partial charge on any atom is -0.507 e. The minimum absolute atomic E-state index is 0.135. The standard InChI is InChI=1S/C21H16ClNOS/c22-16-9-3-1-7-14(16)21-13-18(15-8-2-5-11-19(15)24)23-17-10-4-6-12-20(17)25-21/h1-12,21,24H,13H2. The van der Waals surface area contributed by atoms with Gasteiger partial charge in [-0.25, -0.2) is 0 Å². The summed E-state index contributed by atoms with van der Waals surface area (Å²) in [5.74, 6) is 0.253. The number of aromatic hydroxyl groups is 1. The molecule has 0 aliphatic carbocycles. The number of hydrogen-bond donors (Lipinski definition) is 1. The molecule has 0 amide bonds. The summed E-state index contributed by atoms with van der Waals surface area (Å²) >= 11 is 8.23. The number of para-hydroxylation sites is 2. The van der Waals surface area contributed by atoms with Gasteiger partial charge in [-0.3, -0.25) is 4.99 Å². The van der Waals surface area contributed by atoms with Crippen LogP contribution in [0.25, 0.3) is 0 Å². The van der Waals surface area contributed by atoms with Gasteiger partial charge in [0.05, 0.1) is 11.4 Å². The lowest BCUT2D eigenvalue weighted by Gasteiger charge is -2.17. The number of thioether (sulfide) groups is 1. The summed E-state index contributed by atoms with van der Waals surface area (Å²) in [6.07, 6.45) is 0.695. The van der Waals surface area contributed by atoms with Crippen molar-refractivity contribution in [3.8, 4) is 5.75 Å². The molecule has 124 valence electrons. The third-order valence-electron chi connectivity index (χ3n) is 4.24. The van der Waals surface area contributed by atoms with Crippen LogP contribution in [0, 0.1) is 0 Å². The van der Waals surface area contributed by atoms with Crippen molar-refractivity contribution < 1.29 is 5.11 Å². The molecule has 1 aliphatic heterocycles. The summed E-state index contributed by atoms with van der Waals surface area (Å²) in [6.45, 7) is 0. The second kappa shape index (κ2) is 6.95. The molecular weight excluding hydrogens is 350 g/mol. The van der Waals surface area contributed by atoms with Gasteiger partial charge in [-0.1, -0.05) is 54.1 Å². The molecule has 0 radical (unpaired) electrons. The molecule has 0 saturated carbocycles. The summed E-state index contributed by atoms with van der Waals surface area (Å²) in [6, 6.07) is 23.4. The Balaban J connectivity index is 1.85. The van der Waals surface area contributed by atoms with Crippen molar-refractivity contribution in [3.05, 3.63) is 88.9 Å². The summed E-state index contributed by atoms with van der Waals surface area (Å²) < 4.78 is 0. The summed E-state index contributed by atoms with van der Waals surface area (Å²) in [5.41, 5.74) is 3.67. The molecule has 25 heavy (non-hydrogen) atoms. The van der Waals surface area contributed by atoms with Gasteiger partial charge >= 0.3 is 0 Å². The van der Waals surface area contributed by atoms with Gasteiger partial charge < -0.3 is 5.11 Å². The maximum atomic E-state index is 10.3. The lowest BCUT2D eigenvalue weighted by molar-refractivity contribution is 0.474. The van der Waals surface area contributed by atoms with Crippen molar-refractivity contribution in [2.24, 2.45) is 4.99 Å². The number of aliphatic imine (C=N–C) groups is 1. The first-order valence-electron chi connectivity index (χ1n) is 8.08. The van der Waals surface area contributed by atoms with Crippen molar-refractivity contribution in [3.63, 3.8) is 0 Å². The van der Waals surface area contributed by atoms with Gasteiger partial charge in [0.1, 0.15) is 5.75 Å². The molecule has 1 heterocycles. The van der Waals surface area contributed by atoms with Crippen molar-refractivity contribution >= 4 is 34.8 Å². The number of halogens is 1. The Hall–Kier alpha value is -2.23. The largest absolute Gasteiger partial charge is 0.507 e. The topological polar surface area (TPSA) is 32.6 Å². The number of fused-ring (bicyclic) bond motifs is 1. The molecule has 0 saturated heterocycles. The highest BCUT2D eigenvalue weighted by Crippen LogP contribution is 2.47. The van der Waals surface area contributed by atoms with Crippen LogP contribution in [-0.4, -0.2) is 10.8 Å². The molecule has 3 aromatic carbocycles. The normalized spacial score (nSPS) is 16.7. The monoisotopic (exact) mass is 365 g/mol. The van der Waals surface area contributed by atoms with E-state index in [-0.39, 0.29) is 11.0 Å². The van der Waals surface area contributed by atoms with E-state index in [0.717, 1.165) is 32.4 Å². The Kier molecular flexibility index (Phi) is 4.51. The van der Waals surface area contributed by atoms with Crippen LogP contribution in [0.5, 0.6) is 5.75 Å². The molecule has 1 unspecified atom stereocenters. The lowest BCUT2D eigenvalue weighted by atomic mass is 10.0. The van der Waals surface area contributed by atoms with Crippen LogP contribution in [0.15, 0.2) is 82.7 Å². The second-order valence-corrected chi connectivity index (χ2v) is 7.53. The fraction of sp³-hybridized carbons (Fsp3) is 0.0952. The maximum Gasteiger partial charge on any atom is 0.124 e. The fourth-order valence-electron chi connectivity index (χ4n) is 3.01.